The molecule has 0 saturated carbocycles. The summed E-state index contributed by atoms with van der Waals surface area (Å²) in [6, 6.07) is 77.1. The van der Waals surface area contributed by atoms with Crippen molar-refractivity contribution in [2.75, 3.05) is 0 Å². The molecule has 346 valence electrons. The molecule has 16 rings (SSSR count). The lowest BCUT2D eigenvalue weighted by Crippen LogP contribution is -2.09. The highest BCUT2D eigenvalue weighted by Crippen LogP contribution is 2.55. The average molecular weight is 957 g/mol. The van der Waals surface area contributed by atoms with Crippen molar-refractivity contribution >= 4 is 115 Å². The average Bonchev–Trinajstić information content (AvgIpc) is 4.43. The molecule has 0 amide bonds. The van der Waals surface area contributed by atoms with Crippen LogP contribution in [0.1, 0.15) is 5.56 Å². The van der Waals surface area contributed by atoms with E-state index in [0.717, 1.165) is 115 Å². The molecule has 0 N–H and O–H groups in total. The molecule has 0 saturated heterocycles. The van der Waals surface area contributed by atoms with Crippen molar-refractivity contribution in [3.8, 4) is 50.8 Å². The van der Waals surface area contributed by atoms with E-state index in [4.69, 9.17) is 13.3 Å². The van der Waals surface area contributed by atoms with E-state index in [9.17, 15) is 11.8 Å². The molecule has 0 aliphatic heterocycles. The van der Waals surface area contributed by atoms with Crippen LogP contribution in [0.15, 0.2) is 232 Å². The first kappa shape index (κ1) is 41.1. The first-order valence-electron chi connectivity index (χ1n) is 24.9. The van der Waals surface area contributed by atoms with Crippen molar-refractivity contribution in [2.45, 2.75) is 0 Å². The van der Waals surface area contributed by atoms with Gasteiger partial charge in [-0.15, -0.1) is 0 Å². The Morgan fingerprint density at radius 1 is 0.387 bits per heavy atom. The summed E-state index contributed by atoms with van der Waals surface area (Å²) in [5.74, 6) is 0. The fraction of sp³-hybridized carbons (Fsp3) is 0. The lowest BCUT2D eigenvalue weighted by molar-refractivity contribution is 0.669. The second kappa shape index (κ2) is 15.5. The molecule has 7 nitrogen and oxygen atoms in total. The van der Waals surface area contributed by atoms with Gasteiger partial charge in [-0.1, -0.05) is 176 Å². The summed E-state index contributed by atoms with van der Waals surface area (Å²) in [6.07, 6.45) is 0. The van der Waals surface area contributed by atoms with E-state index < -0.39 is 0 Å². The highest BCUT2D eigenvalue weighted by molar-refractivity contribution is 6.29. The van der Waals surface area contributed by atoms with Crippen molar-refractivity contribution in [3.63, 3.8) is 0 Å². The van der Waals surface area contributed by atoms with Gasteiger partial charge in [-0.05, 0) is 64.7 Å². The molecule has 11 aromatic carbocycles. The molecule has 7 heteroatoms. The van der Waals surface area contributed by atoms with E-state index >= 15 is 0 Å². The van der Waals surface area contributed by atoms with Crippen molar-refractivity contribution in [2.24, 2.45) is 0 Å². The van der Waals surface area contributed by atoms with Crippen LogP contribution in [0.3, 0.4) is 0 Å². The smallest absolute Gasteiger partial charge is 0.220 e. The molecule has 0 bridgehead atoms. The first-order valence-corrected chi connectivity index (χ1v) is 24.9. The lowest BCUT2D eigenvalue weighted by Gasteiger charge is -2.25. The summed E-state index contributed by atoms with van der Waals surface area (Å²) in [7, 11) is 0. The number of nitriles is 1. The minimum absolute atomic E-state index is 0.307. The molecular weight excluding hydrogens is 921 g/mol. The number of rotatable bonds is 5. The van der Waals surface area contributed by atoms with Gasteiger partial charge in [0.05, 0.1) is 45.6 Å². The van der Waals surface area contributed by atoms with Gasteiger partial charge >= 0.3 is 0 Å². The van der Waals surface area contributed by atoms with E-state index in [1.165, 1.54) is 0 Å². The summed E-state index contributed by atoms with van der Waals surface area (Å²) in [5.41, 5.74) is 14.2. The van der Waals surface area contributed by atoms with Crippen LogP contribution in [0.2, 0.25) is 0 Å². The molecule has 5 aromatic heterocycles. The van der Waals surface area contributed by atoms with E-state index in [2.05, 4.69) is 135 Å². The van der Waals surface area contributed by atoms with Crippen molar-refractivity contribution < 1.29 is 13.3 Å². The minimum Gasteiger partial charge on any atom is -0.454 e. The first-order chi connectivity index (χ1) is 37.2. The standard InChI is InChI=1S/C68H36N4O3/c1-70-60-57(40-21-7-3-8-22-40)52(38-69)61(71-53-29-15-11-25-42(53)51-37-50(39-19-5-2-6-20-39)59-49-28-14-18-32-56(49)75-68(59)64(51)71)58(41-23-9-4-10-24-41)65(60)72-62-45(33-35-47-43-26-12-16-30-54(43)73-66(47)62)46-34-36-48-44-27-13-17-31-55(44)74-67(48)63(46)72/h2-37H. The second-order valence-electron chi connectivity index (χ2n) is 19.2. The number of furan rings is 3. The van der Waals surface area contributed by atoms with Crippen LogP contribution in [-0.4, -0.2) is 9.13 Å². The normalized spacial score (nSPS) is 12.0. The fourth-order valence-electron chi connectivity index (χ4n) is 12.3. The van der Waals surface area contributed by atoms with Gasteiger partial charge in [0.2, 0.25) is 5.69 Å². The van der Waals surface area contributed by atoms with Crippen LogP contribution in [0, 0.1) is 17.9 Å². The third kappa shape index (κ3) is 5.56. The molecule has 0 spiro atoms. The van der Waals surface area contributed by atoms with Gasteiger partial charge in [-0.3, -0.25) is 0 Å². The van der Waals surface area contributed by atoms with E-state index in [1.807, 2.05) is 103 Å². The number of para-hydroxylation sites is 4. The van der Waals surface area contributed by atoms with Crippen LogP contribution in [0.4, 0.5) is 5.69 Å². The van der Waals surface area contributed by atoms with Crippen molar-refractivity contribution in [1.29, 1.82) is 5.26 Å². The summed E-state index contributed by atoms with van der Waals surface area (Å²) < 4.78 is 25.8. The van der Waals surface area contributed by atoms with Crippen molar-refractivity contribution in [3.05, 3.63) is 235 Å². The monoisotopic (exact) mass is 956 g/mol. The third-order valence-electron chi connectivity index (χ3n) is 15.4. The second-order valence-corrected chi connectivity index (χ2v) is 19.2. The Bertz CT molecular complexity index is 5070. The SMILES string of the molecule is [C-]#[N+]c1c(-c2ccccc2)c(C#N)c(-n2c3ccccc3c3cc(-c4ccccc4)c4c5ccccc5oc4c32)c(-c2ccccc2)c1-n1c2c(ccc3c4ccccc4oc32)c2ccc3c4ccccc4oc3c21. The quantitative estimate of drug-likeness (QED) is 0.161. The Balaban J connectivity index is 1.21. The van der Waals surface area contributed by atoms with E-state index in [1.54, 1.807) is 0 Å². The molecule has 0 aliphatic rings. The van der Waals surface area contributed by atoms with Gasteiger partial charge in [0.25, 0.3) is 0 Å². The zero-order valence-corrected chi connectivity index (χ0v) is 39.8. The number of fused-ring (bicyclic) bond motifs is 18. The minimum atomic E-state index is 0.307. The topological polar surface area (TPSA) is 77.4 Å². The molecular formula is C68H36N4O3. The predicted molar refractivity (Wildman–Crippen MR) is 304 cm³/mol. The van der Waals surface area contributed by atoms with Gasteiger partial charge in [0, 0.05) is 65.0 Å². The summed E-state index contributed by atoms with van der Waals surface area (Å²) >= 11 is 0. The Morgan fingerprint density at radius 2 is 0.840 bits per heavy atom. The van der Waals surface area contributed by atoms with Crippen LogP contribution in [0.25, 0.3) is 159 Å². The molecule has 0 atom stereocenters. The third-order valence-corrected chi connectivity index (χ3v) is 15.4. The molecule has 0 fully saturated rings. The molecule has 0 unspecified atom stereocenters. The van der Waals surface area contributed by atoms with Gasteiger partial charge in [-0.25, -0.2) is 4.85 Å². The zero-order chi connectivity index (χ0) is 49.5. The van der Waals surface area contributed by atoms with Crippen LogP contribution in [0.5, 0.6) is 0 Å². The van der Waals surface area contributed by atoms with Gasteiger partial charge in [0.1, 0.15) is 22.8 Å². The van der Waals surface area contributed by atoms with E-state index in [0.29, 0.717) is 50.5 Å². The highest BCUT2D eigenvalue weighted by atomic mass is 16.3. The van der Waals surface area contributed by atoms with Crippen LogP contribution >= 0.6 is 0 Å². The summed E-state index contributed by atoms with van der Waals surface area (Å²) in [6.45, 7) is 9.54. The Hall–Kier alpha value is -10.6. The van der Waals surface area contributed by atoms with Gasteiger partial charge in [0.15, 0.2) is 16.7 Å². The number of benzene rings is 11. The van der Waals surface area contributed by atoms with E-state index in [-0.39, 0.29) is 0 Å². The van der Waals surface area contributed by atoms with Gasteiger partial charge < -0.3 is 22.4 Å². The van der Waals surface area contributed by atoms with Crippen molar-refractivity contribution in [1.82, 2.24) is 9.13 Å². The summed E-state index contributed by atoms with van der Waals surface area (Å²) in [4.78, 5) is 4.62. The molecule has 0 radical (unpaired) electrons. The summed E-state index contributed by atoms with van der Waals surface area (Å²) in [5, 5.41) is 21.8. The predicted octanol–water partition coefficient (Wildman–Crippen LogP) is 19.0. The van der Waals surface area contributed by atoms with Gasteiger partial charge in [-0.2, -0.15) is 5.26 Å². The Morgan fingerprint density at radius 3 is 1.41 bits per heavy atom. The number of aromatic nitrogens is 2. The molecule has 5 heterocycles. The maximum absolute atomic E-state index is 12.2. The van der Waals surface area contributed by atoms with Crippen LogP contribution < -0.4 is 0 Å². The maximum atomic E-state index is 12.2. The number of hydrogen-bond donors (Lipinski definition) is 0. The molecule has 0 aliphatic carbocycles. The maximum Gasteiger partial charge on any atom is 0.220 e. The Labute approximate surface area is 426 Å². The number of nitrogens with zero attached hydrogens (tertiary/aromatic N) is 4. The largest absolute Gasteiger partial charge is 0.454 e. The fourth-order valence-corrected chi connectivity index (χ4v) is 12.3. The molecule has 75 heavy (non-hydrogen) atoms. The Kier molecular flexibility index (Phi) is 8.46. The zero-order valence-electron chi connectivity index (χ0n) is 39.8. The number of hydrogen-bond acceptors (Lipinski definition) is 4. The lowest BCUT2D eigenvalue weighted by atomic mass is 9.88. The highest BCUT2D eigenvalue weighted by Gasteiger charge is 2.34. The molecule has 16 aromatic rings. The van der Waals surface area contributed by atoms with Crippen LogP contribution in [-0.2, 0) is 0 Å².